The first-order valence-electron chi connectivity index (χ1n) is 9.41. The van der Waals surface area contributed by atoms with E-state index in [1.54, 1.807) is 0 Å². The lowest BCUT2D eigenvalue weighted by Crippen LogP contribution is -2.29. The third-order valence-corrected chi connectivity index (χ3v) is 5.92. The van der Waals surface area contributed by atoms with Crippen LogP contribution in [0.3, 0.4) is 0 Å². The molecule has 1 aliphatic rings. The van der Waals surface area contributed by atoms with Gasteiger partial charge in [0.15, 0.2) is 0 Å². The summed E-state index contributed by atoms with van der Waals surface area (Å²) in [7, 11) is 0. The third-order valence-electron chi connectivity index (χ3n) is 4.87. The normalized spacial score (nSPS) is 14.8. The number of benzene rings is 2. The number of nitrogens with zero attached hydrogens (tertiary/aromatic N) is 1. The number of hydrogen-bond donors (Lipinski definition) is 1. The van der Waals surface area contributed by atoms with Gasteiger partial charge in [0, 0.05) is 18.0 Å². The summed E-state index contributed by atoms with van der Waals surface area (Å²) in [6.07, 6.45) is 2.18. The van der Waals surface area contributed by atoms with Crippen LogP contribution in [0.1, 0.15) is 47.3 Å². The van der Waals surface area contributed by atoms with E-state index in [2.05, 4.69) is 5.32 Å². The predicted molar refractivity (Wildman–Crippen MR) is 110 cm³/mol. The highest BCUT2D eigenvalue weighted by Gasteiger charge is 2.20. The molecule has 142 valence electrons. The van der Waals surface area contributed by atoms with Gasteiger partial charge in [-0.25, -0.2) is 0 Å². The van der Waals surface area contributed by atoms with Gasteiger partial charge in [-0.05, 0) is 44.4 Å². The molecule has 1 aliphatic heterocycles. The Hall–Kier alpha value is -2.27. The minimum atomic E-state index is -0.111. The second-order valence-electron chi connectivity index (χ2n) is 6.98. The maximum atomic E-state index is 12.8. The fraction of sp³-hybridized carbons (Fsp3) is 0.364. The molecule has 0 bridgehead atoms. The van der Waals surface area contributed by atoms with Crippen molar-refractivity contribution in [2.75, 3.05) is 18.8 Å². The first-order valence-corrected chi connectivity index (χ1v) is 10.4. The quantitative estimate of drug-likeness (QED) is 0.762. The molecular weight excluding hydrogens is 356 g/mol. The first kappa shape index (κ1) is 19.5. The van der Waals surface area contributed by atoms with E-state index in [4.69, 9.17) is 0 Å². The number of amides is 2. The summed E-state index contributed by atoms with van der Waals surface area (Å²) in [6, 6.07) is 15.6. The van der Waals surface area contributed by atoms with Crippen molar-refractivity contribution in [2.45, 2.75) is 37.6 Å². The van der Waals surface area contributed by atoms with Gasteiger partial charge in [-0.3, -0.25) is 9.59 Å². The predicted octanol–water partition coefficient (Wildman–Crippen LogP) is 4.20. The van der Waals surface area contributed by atoms with E-state index >= 15 is 0 Å². The van der Waals surface area contributed by atoms with Crippen LogP contribution in [0.15, 0.2) is 53.4 Å². The number of aryl methyl sites for hydroxylation is 1. The minimum absolute atomic E-state index is 0.0811. The van der Waals surface area contributed by atoms with Crippen LogP contribution in [-0.4, -0.2) is 35.6 Å². The smallest absolute Gasteiger partial charge is 0.252 e. The van der Waals surface area contributed by atoms with Gasteiger partial charge >= 0.3 is 0 Å². The number of carbonyl (C=O) groups is 2. The zero-order chi connectivity index (χ0) is 19.2. The number of carbonyl (C=O) groups excluding carboxylic acids is 2. The van der Waals surface area contributed by atoms with Crippen LogP contribution in [0.4, 0.5) is 0 Å². The maximum Gasteiger partial charge on any atom is 0.252 e. The van der Waals surface area contributed by atoms with Gasteiger partial charge in [-0.1, -0.05) is 42.0 Å². The lowest BCUT2D eigenvalue weighted by Gasteiger charge is -2.17. The average molecular weight is 383 g/mol. The third kappa shape index (κ3) is 5.13. The minimum Gasteiger partial charge on any atom is -0.345 e. The number of rotatable bonds is 6. The zero-order valence-electron chi connectivity index (χ0n) is 15.9. The number of hydrogen-bond acceptors (Lipinski definition) is 3. The highest BCUT2D eigenvalue weighted by Crippen LogP contribution is 2.24. The topological polar surface area (TPSA) is 49.4 Å². The number of nitrogens with one attached hydrogen (secondary N) is 1. The standard InChI is InChI=1S/C22H26N2O2S/c1-16-9-11-18(12-10-16)17(2)23-22(26)19-7-3-4-8-20(19)27-15-21(25)24-13-5-6-14-24/h3-4,7-12,17H,5-6,13-15H2,1-2H3,(H,23,26). The van der Waals surface area contributed by atoms with E-state index in [1.165, 1.54) is 17.3 Å². The zero-order valence-corrected chi connectivity index (χ0v) is 16.7. The molecule has 0 radical (unpaired) electrons. The maximum absolute atomic E-state index is 12.8. The van der Waals surface area contributed by atoms with Crippen molar-refractivity contribution in [1.29, 1.82) is 0 Å². The van der Waals surface area contributed by atoms with Crippen LogP contribution >= 0.6 is 11.8 Å². The summed E-state index contributed by atoms with van der Waals surface area (Å²) in [4.78, 5) is 27.8. The Morgan fingerprint density at radius 1 is 1.07 bits per heavy atom. The Morgan fingerprint density at radius 2 is 1.74 bits per heavy atom. The van der Waals surface area contributed by atoms with Crippen molar-refractivity contribution < 1.29 is 9.59 Å². The van der Waals surface area contributed by atoms with Gasteiger partial charge in [0.25, 0.3) is 5.91 Å². The first-order chi connectivity index (χ1) is 13.0. The summed E-state index contributed by atoms with van der Waals surface area (Å²) in [5.41, 5.74) is 2.89. The van der Waals surface area contributed by atoms with Crippen LogP contribution in [0.2, 0.25) is 0 Å². The highest BCUT2D eigenvalue weighted by atomic mass is 32.2. The van der Waals surface area contributed by atoms with Crippen LogP contribution in [0, 0.1) is 6.92 Å². The van der Waals surface area contributed by atoms with E-state index in [1.807, 2.05) is 67.3 Å². The average Bonchev–Trinajstić information content (AvgIpc) is 3.21. The van der Waals surface area contributed by atoms with E-state index in [-0.39, 0.29) is 17.9 Å². The van der Waals surface area contributed by atoms with Crippen molar-refractivity contribution in [1.82, 2.24) is 10.2 Å². The van der Waals surface area contributed by atoms with Crippen molar-refractivity contribution in [3.8, 4) is 0 Å². The molecule has 3 rings (SSSR count). The molecular formula is C22H26N2O2S. The fourth-order valence-electron chi connectivity index (χ4n) is 3.19. The molecule has 4 nitrogen and oxygen atoms in total. The molecule has 2 amide bonds. The molecule has 27 heavy (non-hydrogen) atoms. The van der Waals surface area contributed by atoms with Crippen molar-refractivity contribution >= 4 is 23.6 Å². The molecule has 1 heterocycles. The Bertz CT molecular complexity index is 798. The van der Waals surface area contributed by atoms with Gasteiger partial charge in [0.2, 0.25) is 5.91 Å². The molecule has 0 aliphatic carbocycles. The molecule has 1 fully saturated rings. The van der Waals surface area contributed by atoms with E-state index in [0.29, 0.717) is 11.3 Å². The van der Waals surface area contributed by atoms with Crippen molar-refractivity contribution in [3.05, 3.63) is 65.2 Å². The van der Waals surface area contributed by atoms with Crippen molar-refractivity contribution in [2.24, 2.45) is 0 Å². The monoisotopic (exact) mass is 382 g/mol. The number of likely N-dealkylation sites (tertiary alicyclic amines) is 1. The fourth-order valence-corrected chi connectivity index (χ4v) is 4.14. The molecule has 1 N–H and O–H groups in total. The van der Waals surface area contributed by atoms with Crippen molar-refractivity contribution in [3.63, 3.8) is 0 Å². The lowest BCUT2D eigenvalue weighted by molar-refractivity contribution is -0.127. The van der Waals surface area contributed by atoms with Crippen LogP contribution in [0.5, 0.6) is 0 Å². The van der Waals surface area contributed by atoms with Gasteiger partial charge in [-0.15, -0.1) is 11.8 Å². The van der Waals surface area contributed by atoms with Gasteiger partial charge in [0.1, 0.15) is 0 Å². The lowest BCUT2D eigenvalue weighted by atomic mass is 10.1. The SMILES string of the molecule is Cc1ccc(C(C)NC(=O)c2ccccc2SCC(=O)N2CCCC2)cc1. The Balaban J connectivity index is 1.64. The molecule has 0 saturated carbocycles. The van der Waals surface area contributed by atoms with E-state index < -0.39 is 0 Å². The van der Waals surface area contributed by atoms with E-state index in [0.717, 1.165) is 36.4 Å². The molecule has 2 aromatic carbocycles. The summed E-state index contributed by atoms with van der Waals surface area (Å²) in [5.74, 6) is 0.415. The molecule has 5 heteroatoms. The van der Waals surface area contributed by atoms with Gasteiger partial charge in [0.05, 0.1) is 17.4 Å². The number of thioether (sulfide) groups is 1. The van der Waals surface area contributed by atoms with E-state index in [9.17, 15) is 9.59 Å². The second kappa shape index (κ2) is 9.09. The summed E-state index contributed by atoms with van der Waals surface area (Å²) in [5, 5.41) is 3.07. The van der Waals surface area contributed by atoms with Gasteiger partial charge in [-0.2, -0.15) is 0 Å². The van der Waals surface area contributed by atoms with Crippen LogP contribution in [0.25, 0.3) is 0 Å². The van der Waals surface area contributed by atoms with Gasteiger partial charge < -0.3 is 10.2 Å². The molecule has 1 saturated heterocycles. The second-order valence-corrected chi connectivity index (χ2v) is 8.00. The Kier molecular flexibility index (Phi) is 6.56. The molecule has 1 unspecified atom stereocenters. The van der Waals surface area contributed by atoms with Crippen LogP contribution in [-0.2, 0) is 4.79 Å². The molecule has 0 spiro atoms. The molecule has 1 atom stereocenters. The summed E-state index contributed by atoms with van der Waals surface area (Å²) >= 11 is 1.44. The molecule has 2 aromatic rings. The molecule has 0 aromatic heterocycles. The Labute approximate surface area is 165 Å². The largest absolute Gasteiger partial charge is 0.345 e. The Morgan fingerprint density at radius 3 is 2.44 bits per heavy atom. The van der Waals surface area contributed by atoms with Crippen LogP contribution < -0.4 is 5.32 Å². The summed E-state index contributed by atoms with van der Waals surface area (Å²) in [6.45, 7) is 5.74. The summed E-state index contributed by atoms with van der Waals surface area (Å²) < 4.78 is 0. The highest BCUT2D eigenvalue weighted by molar-refractivity contribution is 8.00.